The van der Waals surface area contributed by atoms with Crippen LogP contribution in [0, 0.1) is 0 Å². The summed E-state index contributed by atoms with van der Waals surface area (Å²) in [6, 6.07) is 34.3. The second-order valence-corrected chi connectivity index (χ2v) is 8.98. The van der Waals surface area contributed by atoms with Gasteiger partial charge in [-0.05, 0) is 42.3 Å². The van der Waals surface area contributed by atoms with Crippen LogP contribution in [0.1, 0.15) is 46.1 Å². The maximum atomic E-state index is 13.9. The van der Waals surface area contributed by atoms with Crippen LogP contribution in [0.2, 0.25) is 0 Å². The van der Waals surface area contributed by atoms with Crippen LogP contribution in [0.5, 0.6) is 5.75 Å². The lowest BCUT2D eigenvalue weighted by Gasteiger charge is -2.32. The maximum absolute atomic E-state index is 13.9. The Morgan fingerprint density at radius 2 is 1.60 bits per heavy atom. The standard InChI is InChI=1S/C31H26N2O2/c1-20(21-11-4-3-5-12-21)33-30(24-15-6-7-16-25(24)31(33)34)28-26-17-8-9-18-27(26)32-29(28)22-13-10-14-23(19-22)35-2/h3-20,30,32H,1-2H3/t20-,30-/m1/s1. The van der Waals surface area contributed by atoms with E-state index < -0.39 is 0 Å². The van der Waals surface area contributed by atoms with Gasteiger partial charge in [-0.1, -0.05) is 78.9 Å². The van der Waals surface area contributed by atoms with Gasteiger partial charge in [0.05, 0.1) is 24.9 Å². The Morgan fingerprint density at radius 3 is 2.43 bits per heavy atom. The fourth-order valence-corrected chi connectivity index (χ4v) is 5.38. The molecule has 2 atom stereocenters. The molecule has 0 fully saturated rings. The van der Waals surface area contributed by atoms with Crippen LogP contribution in [-0.2, 0) is 0 Å². The first-order valence-corrected chi connectivity index (χ1v) is 11.9. The molecule has 0 radical (unpaired) electrons. The van der Waals surface area contributed by atoms with E-state index in [4.69, 9.17) is 4.74 Å². The summed E-state index contributed by atoms with van der Waals surface area (Å²) < 4.78 is 5.53. The molecule has 1 aliphatic heterocycles. The van der Waals surface area contributed by atoms with E-state index in [1.54, 1.807) is 7.11 Å². The molecular weight excluding hydrogens is 432 g/mol. The molecule has 1 aliphatic rings. The number of para-hydroxylation sites is 1. The van der Waals surface area contributed by atoms with Crippen molar-refractivity contribution < 1.29 is 9.53 Å². The molecule has 35 heavy (non-hydrogen) atoms. The molecule has 6 rings (SSSR count). The Balaban J connectivity index is 1.63. The number of carbonyl (C=O) groups is 1. The minimum atomic E-state index is -0.230. The molecule has 0 bridgehead atoms. The Hall–Kier alpha value is -4.31. The van der Waals surface area contributed by atoms with Gasteiger partial charge in [0.1, 0.15) is 5.75 Å². The molecule has 1 aromatic heterocycles. The highest BCUT2D eigenvalue weighted by Gasteiger charge is 2.42. The molecule has 0 saturated heterocycles. The Labute approximate surface area is 204 Å². The fourth-order valence-electron chi connectivity index (χ4n) is 5.38. The van der Waals surface area contributed by atoms with E-state index in [0.717, 1.165) is 50.2 Å². The van der Waals surface area contributed by atoms with E-state index in [1.165, 1.54) is 0 Å². The molecule has 4 heteroatoms. The zero-order valence-electron chi connectivity index (χ0n) is 19.7. The monoisotopic (exact) mass is 458 g/mol. The second-order valence-electron chi connectivity index (χ2n) is 8.98. The van der Waals surface area contributed by atoms with Gasteiger partial charge in [-0.25, -0.2) is 0 Å². The molecule has 0 unspecified atom stereocenters. The molecule has 0 saturated carbocycles. The molecule has 1 N–H and O–H groups in total. The van der Waals surface area contributed by atoms with E-state index in [-0.39, 0.29) is 18.0 Å². The predicted octanol–water partition coefficient (Wildman–Crippen LogP) is 7.15. The third-order valence-electron chi connectivity index (χ3n) is 7.08. The number of amides is 1. The number of aromatic amines is 1. The molecule has 5 aromatic rings. The average molecular weight is 459 g/mol. The number of fused-ring (bicyclic) bond motifs is 2. The topological polar surface area (TPSA) is 45.3 Å². The summed E-state index contributed by atoms with van der Waals surface area (Å²) >= 11 is 0. The number of carbonyl (C=O) groups excluding carboxylic acids is 1. The number of benzene rings is 4. The number of rotatable bonds is 5. The third-order valence-corrected chi connectivity index (χ3v) is 7.08. The zero-order valence-corrected chi connectivity index (χ0v) is 19.7. The molecule has 1 amide bonds. The number of hydrogen-bond acceptors (Lipinski definition) is 2. The van der Waals surface area contributed by atoms with Crippen molar-refractivity contribution in [2.75, 3.05) is 7.11 Å². The van der Waals surface area contributed by atoms with Gasteiger partial charge >= 0.3 is 0 Å². The fraction of sp³-hybridized carbons (Fsp3) is 0.129. The number of H-pyrrole nitrogens is 1. The zero-order chi connectivity index (χ0) is 23.9. The molecule has 0 spiro atoms. The molecule has 4 nitrogen and oxygen atoms in total. The van der Waals surface area contributed by atoms with E-state index in [9.17, 15) is 4.79 Å². The van der Waals surface area contributed by atoms with Crippen molar-refractivity contribution in [1.29, 1.82) is 0 Å². The van der Waals surface area contributed by atoms with Gasteiger partial charge in [0.25, 0.3) is 5.91 Å². The normalized spacial score (nSPS) is 15.9. The van der Waals surface area contributed by atoms with Crippen molar-refractivity contribution in [3.05, 3.63) is 125 Å². The van der Waals surface area contributed by atoms with Gasteiger partial charge in [0.15, 0.2) is 0 Å². The molecule has 172 valence electrons. The average Bonchev–Trinajstić information content (AvgIpc) is 3.44. The van der Waals surface area contributed by atoms with E-state index in [2.05, 4.69) is 54.4 Å². The maximum Gasteiger partial charge on any atom is 0.255 e. The highest BCUT2D eigenvalue weighted by Crippen LogP contribution is 2.48. The lowest BCUT2D eigenvalue weighted by atomic mass is 9.92. The van der Waals surface area contributed by atoms with Crippen molar-refractivity contribution >= 4 is 16.8 Å². The van der Waals surface area contributed by atoms with Crippen molar-refractivity contribution in [3.63, 3.8) is 0 Å². The van der Waals surface area contributed by atoms with Crippen molar-refractivity contribution in [2.45, 2.75) is 19.0 Å². The first-order valence-electron chi connectivity index (χ1n) is 11.9. The molecular formula is C31H26N2O2. The van der Waals surface area contributed by atoms with Crippen LogP contribution in [0.25, 0.3) is 22.2 Å². The largest absolute Gasteiger partial charge is 0.497 e. The quantitative estimate of drug-likeness (QED) is 0.304. The molecule has 2 heterocycles. The summed E-state index contributed by atoms with van der Waals surface area (Å²) in [5, 5.41) is 1.12. The smallest absolute Gasteiger partial charge is 0.255 e. The SMILES string of the molecule is COc1cccc(-c2[nH]c3ccccc3c2[C@H]2c3ccccc3C(=O)N2[C@H](C)c2ccccc2)c1. The predicted molar refractivity (Wildman–Crippen MR) is 140 cm³/mol. The third kappa shape index (κ3) is 3.41. The number of nitrogens with one attached hydrogen (secondary N) is 1. The number of nitrogens with zero attached hydrogens (tertiary/aromatic N) is 1. The van der Waals surface area contributed by atoms with E-state index in [0.29, 0.717) is 0 Å². The summed E-state index contributed by atoms with van der Waals surface area (Å²) in [4.78, 5) is 19.6. The number of ether oxygens (including phenoxy) is 1. The van der Waals surface area contributed by atoms with E-state index >= 15 is 0 Å². The Bertz CT molecular complexity index is 1540. The second kappa shape index (κ2) is 8.48. The minimum Gasteiger partial charge on any atom is -0.497 e. The minimum absolute atomic E-state index is 0.0591. The summed E-state index contributed by atoms with van der Waals surface area (Å²) in [6.07, 6.45) is 0. The summed E-state index contributed by atoms with van der Waals surface area (Å²) in [5.74, 6) is 0.855. The van der Waals surface area contributed by atoms with E-state index in [1.807, 2.05) is 65.6 Å². The lowest BCUT2D eigenvalue weighted by molar-refractivity contribution is 0.0678. The van der Waals surface area contributed by atoms with Crippen molar-refractivity contribution in [3.8, 4) is 17.0 Å². The number of aromatic nitrogens is 1. The van der Waals surface area contributed by atoms with Crippen LogP contribution in [0.4, 0.5) is 0 Å². The highest BCUT2D eigenvalue weighted by molar-refractivity contribution is 6.02. The van der Waals surface area contributed by atoms with Crippen LogP contribution in [-0.4, -0.2) is 22.9 Å². The van der Waals surface area contributed by atoms with Crippen LogP contribution < -0.4 is 4.74 Å². The van der Waals surface area contributed by atoms with Gasteiger partial charge in [0, 0.05) is 27.6 Å². The highest BCUT2D eigenvalue weighted by atomic mass is 16.5. The van der Waals surface area contributed by atoms with Gasteiger partial charge in [-0.15, -0.1) is 0 Å². The van der Waals surface area contributed by atoms with Crippen molar-refractivity contribution in [2.24, 2.45) is 0 Å². The summed E-state index contributed by atoms with van der Waals surface area (Å²) in [5.41, 5.74) is 7.10. The molecule has 0 aliphatic carbocycles. The Morgan fingerprint density at radius 1 is 0.857 bits per heavy atom. The first kappa shape index (κ1) is 21.2. The van der Waals surface area contributed by atoms with Gasteiger partial charge in [0.2, 0.25) is 0 Å². The van der Waals surface area contributed by atoms with Crippen LogP contribution in [0.3, 0.4) is 0 Å². The molecule has 4 aromatic carbocycles. The number of methoxy groups -OCH3 is 1. The summed E-state index contributed by atoms with van der Waals surface area (Å²) in [7, 11) is 1.68. The first-order chi connectivity index (χ1) is 17.2. The lowest BCUT2D eigenvalue weighted by Crippen LogP contribution is -2.31. The van der Waals surface area contributed by atoms with Gasteiger partial charge < -0.3 is 14.6 Å². The van der Waals surface area contributed by atoms with Gasteiger partial charge in [-0.2, -0.15) is 0 Å². The van der Waals surface area contributed by atoms with Crippen molar-refractivity contribution in [1.82, 2.24) is 9.88 Å². The summed E-state index contributed by atoms with van der Waals surface area (Å²) in [6.45, 7) is 2.12. The Kier molecular flexibility index (Phi) is 5.14. The number of hydrogen-bond donors (Lipinski definition) is 1. The van der Waals surface area contributed by atoms with Crippen LogP contribution >= 0.6 is 0 Å². The van der Waals surface area contributed by atoms with Gasteiger partial charge in [-0.3, -0.25) is 4.79 Å². The van der Waals surface area contributed by atoms with Crippen LogP contribution in [0.15, 0.2) is 103 Å².